The first kappa shape index (κ1) is 19.8. The van der Waals surface area contributed by atoms with E-state index >= 15 is 0 Å². The highest BCUT2D eigenvalue weighted by atomic mass is 16.3. The molecule has 0 radical (unpaired) electrons. The van der Waals surface area contributed by atoms with Crippen LogP contribution in [0.1, 0.15) is 31.4 Å². The van der Waals surface area contributed by atoms with Gasteiger partial charge in [-0.15, -0.1) is 0 Å². The fraction of sp³-hybridized carbons (Fsp3) is 0.273. The molecule has 4 aromatic rings. The number of nitrogens with one attached hydrogen (secondary N) is 1. The van der Waals surface area contributed by atoms with Crippen LogP contribution in [0.15, 0.2) is 48.0 Å². The minimum absolute atomic E-state index is 0.0432. The molecule has 30 heavy (non-hydrogen) atoms. The Morgan fingerprint density at radius 2 is 2.13 bits per heavy atom. The summed E-state index contributed by atoms with van der Waals surface area (Å²) < 4.78 is 1.75. The molecule has 4 rings (SSSR count). The number of aliphatic imine (C=N–C) groups is 1. The van der Waals surface area contributed by atoms with E-state index in [4.69, 9.17) is 0 Å². The molecule has 0 unspecified atom stereocenters. The van der Waals surface area contributed by atoms with Crippen molar-refractivity contribution in [3.05, 3.63) is 54.1 Å². The summed E-state index contributed by atoms with van der Waals surface area (Å²) in [6.45, 7) is 6.22. The minimum atomic E-state index is -0.377. The normalized spacial score (nSPS) is 13.1. The maximum atomic E-state index is 10.5. The van der Waals surface area contributed by atoms with Gasteiger partial charge in [0.05, 0.1) is 34.8 Å². The molecule has 0 bridgehead atoms. The van der Waals surface area contributed by atoms with E-state index in [0.717, 1.165) is 27.7 Å². The molecule has 0 aromatic carbocycles. The van der Waals surface area contributed by atoms with Gasteiger partial charge in [0.2, 0.25) is 0 Å². The lowest BCUT2D eigenvalue weighted by Crippen LogP contribution is -2.07. The molecule has 0 amide bonds. The van der Waals surface area contributed by atoms with Crippen molar-refractivity contribution in [2.75, 3.05) is 0 Å². The van der Waals surface area contributed by atoms with Gasteiger partial charge in [-0.2, -0.15) is 5.10 Å². The van der Waals surface area contributed by atoms with Crippen LogP contribution in [0, 0.1) is 6.92 Å². The van der Waals surface area contributed by atoms with Gasteiger partial charge in [-0.1, -0.05) is 0 Å². The summed E-state index contributed by atoms with van der Waals surface area (Å²) in [5.41, 5.74) is 4.78. The van der Waals surface area contributed by atoms with Gasteiger partial charge < -0.3 is 15.2 Å². The third-order valence-electron chi connectivity index (χ3n) is 5.02. The van der Waals surface area contributed by atoms with E-state index in [0.29, 0.717) is 30.1 Å². The maximum Gasteiger partial charge on any atom is 0.198 e. The number of aromatic nitrogens is 5. The molecule has 3 N–H and O–H groups in total. The van der Waals surface area contributed by atoms with E-state index in [9.17, 15) is 10.2 Å². The van der Waals surface area contributed by atoms with Crippen molar-refractivity contribution in [3.63, 3.8) is 0 Å². The van der Waals surface area contributed by atoms with Crippen LogP contribution >= 0.6 is 0 Å². The predicted octanol–water partition coefficient (Wildman–Crippen LogP) is 3.75. The summed E-state index contributed by atoms with van der Waals surface area (Å²) in [6, 6.07) is 5.69. The molecule has 0 saturated heterocycles. The molecule has 4 heterocycles. The molecule has 8 nitrogen and oxygen atoms in total. The number of H-pyrrole nitrogens is 1. The SMILES string of the molecule is CC(=Nc1ccn(CC[C@@H](C)O)n1)c1c(O)[nH]c2cnc(-c3cnccc3C)cc12. The molecule has 4 aromatic heterocycles. The lowest BCUT2D eigenvalue weighted by atomic mass is 10.0. The Labute approximate surface area is 174 Å². The number of aryl methyl sites for hydroxylation is 2. The topological polar surface area (TPSA) is 112 Å². The Balaban J connectivity index is 1.71. The van der Waals surface area contributed by atoms with Crippen molar-refractivity contribution >= 4 is 22.4 Å². The molecule has 0 aliphatic rings. The molecular weight excluding hydrogens is 380 g/mol. The van der Waals surface area contributed by atoms with Crippen molar-refractivity contribution < 1.29 is 10.2 Å². The molecule has 154 valence electrons. The van der Waals surface area contributed by atoms with Crippen molar-refractivity contribution in [2.24, 2.45) is 4.99 Å². The van der Waals surface area contributed by atoms with Crippen LogP contribution in [0.4, 0.5) is 5.82 Å². The van der Waals surface area contributed by atoms with Crippen LogP contribution in [-0.4, -0.2) is 46.8 Å². The lowest BCUT2D eigenvalue weighted by molar-refractivity contribution is 0.176. The molecule has 1 atom stereocenters. The summed E-state index contributed by atoms with van der Waals surface area (Å²) in [5, 5.41) is 25.2. The second-order valence-corrected chi connectivity index (χ2v) is 7.43. The number of aliphatic hydroxyl groups is 1. The first-order chi connectivity index (χ1) is 14.4. The van der Waals surface area contributed by atoms with Gasteiger partial charge in [-0.3, -0.25) is 14.6 Å². The highest BCUT2D eigenvalue weighted by Crippen LogP contribution is 2.31. The van der Waals surface area contributed by atoms with Crippen LogP contribution in [0.2, 0.25) is 0 Å². The summed E-state index contributed by atoms with van der Waals surface area (Å²) in [5.74, 6) is 0.589. The average molecular weight is 404 g/mol. The fourth-order valence-electron chi connectivity index (χ4n) is 3.41. The number of pyridine rings is 2. The van der Waals surface area contributed by atoms with E-state index < -0.39 is 0 Å². The number of nitrogens with zero attached hydrogens (tertiary/aromatic N) is 5. The monoisotopic (exact) mass is 404 g/mol. The standard InChI is InChI=1S/C22H24N6O2/c1-13-4-7-23-11-17(13)18-10-16-19(12-24-18)26-22(30)21(16)15(3)25-20-6-9-28(27-20)8-5-14(2)29/h4,6-7,9-12,14,26,29-30H,5,8H2,1-3H3/t14-/m1/s1. The molecular formula is C22H24N6O2. The number of aromatic amines is 1. The number of rotatable bonds is 6. The third-order valence-corrected chi connectivity index (χ3v) is 5.02. The van der Waals surface area contributed by atoms with Gasteiger partial charge in [-0.05, 0) is 44.9 Å². The first-order valence-corrected chi connectivity index (χ1v) is 9.81. The van der Waals surface area contributed by atoms with Crippen LogP contribution in [0.25, 0.3) is 22.2 Å². The highest BCUT2D eigenvalue weighted by Gasteiger charge is 2.16. The Kier molecular flexibility index (Phi) is 5.33. The van der Waals surface area contributed by atoms with Crippen molar-refractivity contribution in [1.29, 1.82) is 0 Å². The number of hydrogen-bond donors (Lipinski definition) is 3. The Hall–Kier alpha value is -3.52. The smallest absolute Gasteiger partial charge is 0.198 e. The molecule has 0 aliphatic carbocycles. The summed E-state index contributed by atoms with van der Waals surface area (Å²) in [4.78, 5) is 16.3. The zero-order valence-electron chi connectivity index (χ0n) is 17.2. The molecule has 8 heteroatoms. The van der Waals surface area contributed by atoms with E-state index in [1.807, 2.05) is 38.2 Å². The lowest BCUT2D eigenvalue weighted by Gasteiger charge is -2.05. The Bertz CT molecular complexity index is 1220. The van der Waals surface area contributed by atoms with Crippen LogP contribution in [0.5, 0.6) is 5.88 Å². The highest BCUT2D eigenvalue weighted by molar-refractivity contribution is 6.13. The maximum absolute atomic E-state index is 10.5. The van der Waals surface area contributed by atoms with Gasteiger partial charge in [0, 0.05) is 42.2 Å². The summed E-state index contributed by atoms with van der Waals surface area (Å²) in [6.07, 6.45) is 7.32. The van der Waals surface area contributed by atoms with Gasteiger partial charge in [0.1, 0.15) is 0 Å². The number of aliphatic hydroxyl groups excluding tert-OH is 1. The quantitative estimate of drug-likeness (QED) is 0.424. The Morgan fingerprint density at radius 3 is 2.90 bits per heavy atom. The van der Waals surface area contributed by atoms with E-state index in [1.165, 1.54) is 0 Å². The zero-order valence-corrected chi connectivity index (χ0v) is 17.2. The van der Waals surface area contributed by atoms with Gasteiger partial charge >= 0.3 is 0 Å². The number of fused-ring (bicyclic) bond motifs is 1. The van der Waals surface area contributed by atoms with Gasteiger partial charge in [-0.25, -0.2) is 4.99 Å². The molecule has 0 saturated carbocycles. The van der Waals surface area contributed by atoms with Crippen molar-refractivity contribution in [3.8, 4) is 17.1 Å². The molecule has 0 spiro atoms. The summed E-state index contributed by atoms with van der Waals surface area (Å²) in [7, 11) is 0. The van der Waals surface area contributed by atoms with E-state index in [-0.39, 0.29) is 12.0 Å². The first-order valence-electron chi connectivity index (χ1n) is 9.81. The average Bonchev–Trinajstić information content (AvgIpc) is 3.29. The number of hydrogen-bond acceptors (Lipinski definition) is 6. The second kappa shape index (κ2) is 8.08. The fourth-order valence-corrected chi connectivity index (χ4v) is 3.41. The number of aromatic hydroxyl groups is 1. The van der Waals surface area contributed by atoms with Crippen LogP contribution in [0.3, 0.4) is 0 Å². The van der Waals surface area contributed by atoms with Crippen LogP contribution < -0.4 is 0 Å². The summed E-state index contributed by atoms with van der Waals surface area (Å²) >= 11 is 0. The predicted molar refractivity (Wildman–Crippen MR) is 116 cm³/mol. The largest absolute Gasteiger partial charge is 0.494 e. The van der Waals surface area contributed by atoms with Gasteiger partial charge in [0.25, 0.3) is 0 Å². The van der Waals surface area contributed by atoms with Gasteiger partial charge in [0.15, 0.2) is 11.7 Å². The van der Waals surface area contributed by atoms with Crippen LogP contribution in [-0.2, 0) is 6.54 Å². The van der Waals surface area contributed by atoms with Crippen molar-refractivity contribution in [1.82, 2.24) is 24.7 Å². The zero-order chi connectivity index (χ0) is 21.3. The second-order valence-electron chi connectivity index (χ2n) is 7.43. The van der Waals surface area contributed by atoms with Crippen molar-refractivity contribution in [2.45, 2.75) is 39.8 Å². The van der Waals surface area contributed by atoms with E-state index in [2.05, 4.69) is 25.0 Å². The third kappa shape index (κ3) is 3.95. The Morgan fingerprint density at radius 1 is 1.30 bits per heavy atom. The molecule has 0 aliphatic heterocycles. The van der Waals surface area contributed by atoms with E-state index in [1.54, 1.807) is 30.2 Å². The molecule has 0 fully saturated rings. The minimum Gasteiger partial charge on any atom is -0.494 e.